The molecule has 13 aromatic carbocycles. The average molecular weight is 1090 g/mol. The highest BCUT2D eigenvalue weighted by Crippen LogP contribution is 2.53. The molecule has 0 aromatic heterocycles. The molecular formula is C76H50B2N4OS. The minimum Gasteiger partial charge on any atom is -0.458 e. The highest BCUT2D eigenvalue weighted by Gasteiger charge is 2.48. The van der Waals surface area contributed by atoms with Gasteiger partial charge in [0, 0.05) is 84.0 Å². The topological polar surface area (TPSA) is 22.2 Å². The van der Waals surface area contributed by atoms with E-state index < -0.39 is 0 Å². The van der Waals surface area contributed by atoms with Crippen LogP contribution in [0.4, 0.5) is 68.2 Å². The van der Waals surface area contributed by atoms with Crippen LogP contribution in [-0.4, -0.2) is 13.4 Å². The van der Waals surface area contributed by atoms with Gasteiger partial charge in [-0.3, -0.25) is 0 Å². The average Bonchev–Trinajstić information content (AvgIpc) is 0.995. The number of rotatable bonds is 9. The number of benzene rings is 13. The Morgan fingerprint density at radius 2 is 0.774 bits per heavy atom. The third kappa shape index (κ3) is 7.61. The highest BCUT2D eigenvalue weighted by molar-refractivity contribution is 8.00. The Morgan fingerprint density at radius 3 is 1.32 bits per heavy atom. The second-order valence-electron chi connectivity index (χ2n) is 21.9. The fourth-order valence-electron chi connectivity index (χ4n) is 13.8. The van der Waals surface area contributed by atoms with Crippen molar-refractivity contribution in [1.82, 2.24) is 0 Å². The van der Waals surface area contributed by atoms with E-state index in [1.165, 1.54) is 42.4 Å². The predicted molar refractivity (Wildman–Crippen MR) is 355 cm³/mol. The van der Waals surface area contributed by atoms with Crippen molar-refractivity contribution in [1.29, 1.82) is 0 Å². The summed E-state index contributed by atoms with van der Waals surface area (Å²) in [5, 5.41) is 2.36. The van der Waals surface area contributed by atoms with E-state index in [1.54, 1.807) is 0 Å². The fraction of sp³-hybridized carbons (Fsp3) is 0. The van der Waals surface area contributed by atoms with Crippen LogP contribution in [0.25, 0.3) is 21.9 Å². The van der Waals surface area contributed by atoms with Crippen LogP contribution >= 0.6 is 11.8 Å². The van der Waals surface area contributed by atoms with Crippen molar-refractivity contribution in [2.45, 2.75) is 9.79 Å². The molecule has 5 nitrogen and oxygen atoms in total. The van der Waals surface area contributed by atoms with Crippen LogP contribution in [-0.2, 0) is 0 Å². The Kier molecular flexibility index (Phi) is 11.3. The van der Waals surface area contributed by atoms with Crippen molar-refractivity contribution in [2.24, 2.45) is 0 Å². The van der Waals surface area contributed by atoms with Crippen LogP contribution in [0.1, 0.15) is 0 Å². The molecule has 0 bridgehead atoms. The summed E-state index contributed by atoms with van der Waals surface area (Å²) in [7, 11) is 0. The first-order chi connectivity index (χ1) is 41.7. The lowest BCUT2D eigenvalue weighted by Gasteiger charge is -2.44. The standard InChI is InChI=1S/C76H50B2N4OS/c1-7-28-52(29-8-1)79(53-30-9-2-10-31-53)58-46-68-73-70(48-58)83-75-64(77(73)62-42-21-23-44-66(62)81(68)56-36-15-5-16-37-56)50-65-76(72(75)61-41-25-27-51-26-19-20-40-60(51)61)84-71-49-59(80(54-32-11-3-12-33-54)55-34-13-4-14-35-55)47-69-74(71)78(65)63-43-22-24-45-67(63)82(69)57-38-17-6-18-39-57/h1-50H. The molecule has 0 saturated heterocycles. The van der Waals surface area contributed by atoms with E-state index >= 15 is 0 Å². The van der Waals surface area contributed by atoms with Gasteiger partial charge in [-0.2, -0.15) is 0 Å². The normalized spacial score (nSPS) is 13.0. The van der Waals surface area contributed by atoms with Crippen molar-refractivity contribution < 1.29 is 4.74 Å². The molecule has 4 heterocycles. The SMILES string of the molecule is c1ccc(N(c2ccccc2)c2cc3c4c(c2)N(c2ccccc2)c2ccccc2B4c2cc4c(c(-c5cccc6ccccc56)c2O3)Sc2cc(N(c3ccccc3)c3ccccc3)cc3c2B4c2ccccc2N3c2ccccc2)cc1. The molecule has 0 saturated carbocycles. The van der Waals surface area contributed by atoms with Crippen molar-refractivity contribution in [3.8, 4) is 22.6 Å². The molecule has 8 heteroatoms. The molecule has 0 spiro atoms. The third-order valence-corrected chi connectivity index (χ3v) is 18.4. The lowest BCUT2D eigenvalue weighted by Crippen LogP contribution is -2.63. The van der Waals surface area contributed by atoms with Gasteiger partial charge in [0.15, 0.2) is 0 Å². The molecule has 0 atom stereocenters. The largest absolute Gasteiger partial charge is 0.458 e. The van der Waals surface area contributed by atoms with Crippen LogP contribution in [0.5, 0.6) is 11.5 Å². The maximum absolute atomic E-state index is 8.02. The van der Waals surface area contributed by atoms with Gasteiger partial charge in [-0.05, 0) is 147 Å². The minimum atomic E-state index is -0.192. The van der Waals surface area contributed by atoms with E-state index in [2.05, 4.69) is 323 Å². The van der Waals surface area contributed by atoms with E-state index in [0.717, 1.165) is 102 Å². The predicted octanol–water partition coefficient (Wildman–Crippen LogP) is 16.6. The molecule has 4 aliphatic rings. The number of anilines is 12. The first-order valence-electron chi connectivity index (χ1n) is 28.8. The first kappa shape index (κ1) is 48.3. The number of ether oxygens (including phenoxy) is 1. The fourth-order valence-corrected chi connectivity index (χ4v) is 15.2. The van der Waals surface area contributed by atoms with Crippen molar-refractivity contribution in [2.75, 3.05) is 19.6 Å². The molecule has 84 heavy (non-hydrogen) atoms. The number of hydrogen-bond donors (Lipinski definition) is 0. The first-order valence-corrected chi connectivity index (χ1v) is 29.6. The van der Waals surface area contributed by atoms with Crippen LogP contribution in [0.3, 0.4) is 0 Å². The zero-order chi connectivity index (χ0) is 55.2. The zero-order valence-corrected chi connectivity index (χ0v) is 46.4. The van der Waals surface area contributed by atoms with E-state index in [1.807, 2.05) is 11.8 Å². The number of nitrogens with zero attached hydrogens (tertiary/aromatic N) is 4. The lowest BCUT2D eigenvalue weighted by molar-refractivity contribution is 0.488. The van der Waals surface area contributed by atoms with Gasteiger partial charge < -0.3 is 24.3 Å². The summed E-state index contributed by atoms with van der Waals surface area (Å²) < 4.78 is 8.02. The Balaban J connectivity index is 0.981. The smallest absolute Gasteiger partial charge is 0.256 e. The van der Waals surface area contributed by atoms with Crippen LogP contribution in [0, 0.1) is 0 Å². The van der Waals surface area contributed by atoms with E-state index in [9.17, 15) is 0 Å². The monoisotopic (exact) mass is 1090 g/mol. The highest BCUT2D eigenvalue weighted by atomic mass is 32.2. The summed E-state index contributed by atoms with van der Waals surface area (Å²) in [5.41, 5.74) is 22.7. The Hall–Kier alpha value is -10.4. The summed E-state index contributed by atoms with van der Waals surface area (Å²) in [6.45, 7) is -0.325. The van der Waals surface area contributed by atoms with Crippen LogP contribution in [0.2, 0.25) is 0 Å². The number of fused-ring (bicyclic) bond motifs is 9. The number of hydrogen-bond acceptors (Lipinski definition) is 6. The summed E-state index contributed by atoms with van der Waals surface area (Å²) >= 11 is 1.89. The molecule has 0 aliphatic carbocycles. The Bertz CT molecular complexity index is 4370. The van der Waals surface area contributed by atoms with E-state index in [4.69, 9.17) is 4.74 Å². The van der Waals surface area contributed by atoms with E-state index in [-0.39, 0.29) is 13.4 Å². The summed E-state index contributed by atoms with van der Waals surface area (Å²) in [6, 6.07) is 111. The summed E-state index contributed by atoms with van der Waals surface area (Å²) in [4.78, 5) is 12.1. The van der Waals surface area contributed by atoms with Gasteiger partial charge in [0.1, 0.15) is 11.5 Å². The maximum Gasteiger partial charge on any atom is 0.256 e. The Morgan fingerprint density at radius 1 is 0.333 bits per heavy atom. The lowest BCUT2D eigenvalue weighted by atomic mass is 9.31. The van der Waals surface area contributed by atoms with Gasteiger partial charge in [0.05, 0.1) is 5.69 Å². The molecule has 0 unspecified atom stereocenters. The minimum absolute atomic E-state index is 0.134. The summed E-state index contributed by atoms with van der Waals surface area (Å²) in [5.74, 6) is 1.72. The second-order valence-corrected chi connectivity index (χ2v) is 23.0. The van der Waals surface area contributed by atoms with Crippen LogP contribution in [0.15, 0.2) is 313 Å². The molecule has 0 N–H and O–H groups in total. The molecule has 4 aliphatic heterocycles. The molecular weight excluding hydrogens is 1040 g/mol. The summed E-state index contributed by atoms with van der Waals surface area (Å²) in [6.07, 6.45) is 0. The molecule has 13 aromatic rings. The van der Waals surface area contributed by atoms with Crippen molar-refractivity contribution >= 4 is 137 Å². The zero-order valence-electron chi connectivity index (χ0n) is 45.6. The molecule has 0 amide bonds. The van der Waals surface area contributed by atoms with Crippen LogP contribution < -0.4 is 57.1 Å². The number of para-hydroxylation sites is 8. The third-order valence-electron chi connectivity index (χ3n) is 17.2. The molecule has 0 radical (unpaired) electrons. The molecule has 0 fully saturated rings. The molecule has 17 rings (SSSR count). The molecule has 392 valence electrons. The van der Waals surface area contributed by atoms with Gasteiger partial charge >= 0.3 is 0 Å². The van der Waals surface area contributed by atoms with Gasteiger partial charge in [-0.25, -0.2) is 0 Å². The van der Waals surface area contributed by atoms with Crippen molar-refractivity contribution in [3.63, 3.8) is 0 Å². The van der Waals surface area contributed by atoms with Gasteiger partial charge in [0.25, 0.3) is 6.71 Å². The maximum atomic E-state index is 8.02. The van der Waals surface area contributed by atoms with Gasteiger partial charge in [-0.15, -0.1) is 0 Å². The van der Waals surface area contributed by atoms with Gasteiger partial charge in [0.2, 0.25) is 6.71 Å². The van der Waals surface area contributed by atoms with E-state index in [0.29, 0.717) is 0 Å². The van der Waals surface area contributed by atoms with Gasteiger partial charge in [-0.1, -0.05) is 211 Å². The van der Waals surface area contributed by atoms with Crippen molar-refractivity contribution in [3.05, 3.63) is 303 Å². The Labute approximate surface area is 494 Å². The quantitative estimate of drug-likeness (QED) is 0.133. The second kappa shape index (κ2) is 19.7.